The number of aliphatic hydroxyl groups excluding tert-OH is 1. The first-order chi connectivity index (χ1) is 8.24. The van der Waals surface area contributed by atoms with Crippen molar-refractivity contribution in [1.82, 2.24) is 4.90 Å². The Morgan fingerprint density at radius 2 is 2.06 bits per heavy atom. The maximum Gasteiger partial charge on any atom is 0.312 e. The third-order valence-electron chi connectivity index (χ3n) is 3.16. The minimum atomic E-state index is -0.669. The van der Waals surface area contributed by atoms with Crippen LogP contribution >= 0.6 is 0 Å². The summed E-state index contributed by atoms with van der Waals surface area (Å²) in [5.74, 6) is -0.773. The number of carbonyl (C=O) groups excluding carboxylic acids is 1. The lowest BCUT2D eigenvalue weighted by Gasteiger charge is -2.39. The Hall–Kier alpha value is -0.650. The second-order valence-electron chi connectivity index (χ2n) is 5.99. The van der Waals surface area contributed by atoms with Crippen molar-refractivity contribution in [3.05, 3.63) is 0 Å². The summed E-state index contributed by atoms with van der Waals surface area (Å²) in [6.07, 6.45) is -0.0987. The van der Waals surface area contributed by atoms with Crippen molar-refractivity contribution in [1.29, 1.82) is 0 Å². The van der Waals surface area contributed by atoms with E-state index in [0.717, 1.165) is 0 Å². The summed E-state index contributed by atoms with van der Waals surface area (Å²) in [5.41, 5.74) is -0.517. The van der Waals surface area contributed by atoms with Crippen molar-refractivity contribution in [2.24, 2.45) is 5.92 Å². The van der Waals surface area contributed by atoms with E-state index in [1.54, 1.807) is 7.11 Å². The number of piperidine rings is 1. The summed E-state index contributed by atoms with van der Waals surface area (Å²) in [6, 6.07) is 0.149. The van der Waals surface area contributed by atoms with Crippen molar-refractivity contribution in [2.75, 3.05) is 27.3 Å². The highest BCUT2D eigenvalue weighted by atomic mass is 16.6. The van der Waals surface area contributed by atoms with Crippen molar-refractivity contribution in [3.8, 4) is 0 Å². The highest BCUT2D eigenvalue weighted by molar-refractivity contribution is 5.73. The summed E-state index contributed by atoms with van der Waals surface area (Å²) >= 11 is 0. The lowest BCUT2D eigenvalue weighted by molar-refractivity contribution is -0.168. The Morgan fingerprint density at radius 1 is 1.44 bits per heavy atom. The molecule has 2 unspecified atom stereocenters. The molecular weight excluding hydrogens is 234 g/mol. The molecule has 3 atom stereocenters. The first kappa shape index (κ1) is 15.4. The fourth-order valence-corrected chi connectivity index (χ4v) is 2.22. The van der Waals surface area contributed by atoms with Crippen molar-refractivity contribution < 1.29 is 19.4 Å². The van der Waals surface area contributed by atoms with Gasteiger partial charge in [-0.1, -0.05) is 0 Å². The van der Waals surface area contributed by atoms with Crippen LogP contribution in [0, 0.1) is 5.92 Å². The van der Waals surface area contributed by atoms with Gasteiger partial charge in [-0.25, -0.2) is 0 Å². The van der Waals surface area contributed by atoms with Gasteiger partial charge in [0.25, 0.3) is 0 Å². The molecular formula is C13H25NO4. The molecule has 0 aromatic rings. The van der Waals surface area contributed by atoms with Gasteiger partial charge >= 0.3 is 5.97 Å². The van der Waals surface area contributed by atoms with Crippen LogP contribution in [0.15, 0.2) is 0 Å². The molecule has 106 valence electrons. The van der Waals surface area contributed by atoms with Crippen molar-refractivity contribution in [3.63, 3.8) is 0 Å². The fourth-order valence-electron chi connectivity index (χ4n) is 2.22. The second-order valence-corrected chi connectivity index (χ2v) is 5.99. The molecule has 1 aliphatic rings. The molecule has 1 N–H and O–H groups in total. The van der Waals surface area contributed by atoms with Gasteiger partial charge in [0.1, 0.15) is 5.60 Å². The van der Waals surface area contributed by atoms with Gasteiger partial charge < -0.3 is 14.6 Å². The highest BCUT2D eigenvalue weighted by Gasteiger charge is 2.39. The summed E-state index contributed by atoms with van der Waals surface area (Å²) in [7, 11) is 3.57. The molecule has 1 saturated heterocycles. The van der Waals surface area contributed by atoms with Gasteiger partial charge in [0.15, 0.2) is 0 Å². The third kappa shape index (κ3) is 4.23. The molecule has 18 heavy (non-hydrogen) atoms. The molecule has 1 heterocycles. The van der Waals surface area contributed by atoms with Gasteiger partial charge in [0.05, 0.1) is 18.6 Å². The van der Waals surface area contributed by atoms with Crippen LogP contribution in [-0.4, -0.2) is 61.0 Å². The van der Waals surface area contributed by atoms with Gasteiger partial charge in [-0.15, -0.1) is 0 Å². The summed E-state index contributed by atoms with van der Waals surface area (Å²) < 4.78 is 10.5. The molecule has 1 fully saturated rings. The minimum Gasteiger partial charge on any atom is -0.460 e. The van der Waals surface area contributed by atoms with Gasteiger partial charge in [-0.3, -0.25) is 9.69 Å². The lowest BCUT2D eigenvalue weighted by Crippen LogP contribution is -2.52. The van der Waals surface area contributed by atoms with Crippen molar-refractivity contribution >= 4 is 5.97 Å². The monoisotopic (exact) mass is 259 g/mol. The van der Waals surface area contributed by atoms with E-state index in [1.807, 2.05) is 32.7 Å². The van der Waals surface area contributed by atoms with E-state index in [9.17, 15) is 9.90 Å². The van der Waals surface area contributed by atoms with Crippen LogP contribution < -0.4 is 0 Å². The summed E-state index contributed by atoms with van der Waals surface area (Å²) in [6.45, 7) is 6.52. The van der Waals surface area contributed by atoms with Crippen LogP contribution in [0.1, 0.15) is 27.2 Å². The second kappa shape index (κ2) is 5.99. The number of methoxy groups -OCH3 is 1. The lowest BCUT2D eigenvalue weighted by atomic mass is 9.89. The van der Waals surface area contributed by atoms with E-state index in [-0.39, 0.29) is 12.0 Å². The highest BCUT2D eigenvalue weighted by Crippen LogP contribution is 2.25. The molecule has 0 aliphatic carbocycles. The first-order valence-electron chi connectivity index (χ1n) is 6.34. The molecule has 5 heteroatoms. The molecule has 0 spiro atoms. The predicted molar refractivity (Wildman–Crippen MR) is 68.3 cm³/mol. The SMILES string of the molecule is COC[C@@H]1CC(C(=O)OC(C)(C)C)C(O)CN1C. The average Bonchev–Trinajstić information content (AvgIpc) is 2.19. The van der Waals surface area contributed by atoms with Crippen LogP contribution in [0.4, 0.5) is 0 Å². The molecule has 0 aromatic carbocycles. The largest absolute Gasteiger partial charge is 0.460 e. The van der Waals surface area contributed by atoms with E-state index in [1.165, 1.54) is 0 Å². The summed E-state index contributed by atoms with van der Waals surface area (Å²) in [5, 5.41) is 10.0. The quantitative estimate of drug-likeness (QED) is 0.754. The van der Waals surface area contributed by atoms with E-state index in [4.69, 9.17) is 9.47 Å². The Labute approximate surface area is 109 Å². The van der Waals surface area contributed by atoms with Crippen LogP contribution in [0.25, 0.3) is 0 Å². The number of nitrogens with zero attached hydrogens (tertiary/aromatic N) is 1. The fraction of sp³-hybridized carbons (Fsp3) is 0.923. The molecule has 0 aromatic heterocycles. The smallest absolute Gasteiger partial charge is 0.312 e. The van der Waals surface area contributed by atoms with Crippen LogP contribution in [0.5, 0.6) is 0 Å². The van der Waals surface area contributed by atoms with Gasteiger partial charge in [-0.2, -0.15) is 0 Å². The van der Waals surface area contributed by atoms with Crippen LogP contribution in [-0.2, 0) is 14.3 Å². The van der Waals surface area contributed by atoms with Crippen LogP contribution in [0.3, 0.4) is 0 Å². The first-order valence-corrected chi connectivity index (χ1v) is 6.34. The minimum absolute atomic E-state index is 0.149. The van der Waals surface area contributed by atoms with Gasteiger partial charge in [0, 0.05) is 19.7 Å². The maximum absolute atomic E-state index is 12.0. The Balaban J connectivity index is 2.66. The number of carbonyl (C=O) groups is 1. The van der Waals surface area contributed by atoms with E-state index >= 15 is 0 Å². The van der Waals surface area contributed by atoms with Crippen molar-refractivity contribution in [2.45, 2.75) is 44.9 Å². The normalized spacial score (nSPS) is 30.2. The molecule has 1 aliphatic heterocycles. The Bertz CT molecular complexity index is 287. The summed E-state index contributed by atoms with van der Waals surface area (Å²) in [4.78, 5) is 14.1. The molecule has 0 bridgehead atoms. The molecule has 1 rings (SSSR count). The number of likely N-dealkylation sites (tertiary alicyclic amines) is 1. The number of esters is 1. The zero-order valence-corrected chi connectivity index (χ0v) is 12.0. The standard InChI is InChI=1S/C13H25NO4/c1-13(2,3)18-12(16)10-6-9(8-17-5)14(4)7-11(10)15/h9-11,15H,6-8H2,1-5H3/t9-,10?,11?/m0/s1. The number of hydrogen-bond donors (Lipinski definition) is 1. The average molecular weight is 259 g/mol. The Kier molecular flexibility index (Phi) is 5.13. The molecule has 0 radical (unpaired) electrons. The maximum atomic E-state index is 12.0. The van der Waals surface area contributed by atoms with Crippen LogP contribution in [0.2, 0.25) is 0 Å². The number of hydrogen-bond acceptors (Lipinski definition) is 5. The van der Waals surface area contributed by atoms with Gasteiger partial charge in [0.2, 0.25) is 0 Å². The van der Waals surface area contributed by atoms with Gasteiger partial charge in [-0.05, 0) is 34.2 Å². The predicted octanol–water partition coefficient (Wildman–Crippen LogP) is 0.656. The Morgan fingerprint density at radius 3 is 2.56 bits per heavy atom. The number of rotatable bonds is 3. The number of β-amino-alcohol motifs (C(OH)–C–C–N with tert-alkyl or cyclic N) is 1. The van der Waals surface area contributed by atoms with E-state index in [2.05, 4.69) is 0 Å². The topological polar surface area (TPSA) is 59.0 Å². The number of ether oxygens (including phenoxy) is 2. The van der Waals surface area contributed by atoms with E-state index in [0.29, 0.717) is 19.6 Å². The zero-order valence-electron chi connectivity index (χ0n) is 12.0. The number of aliphatic hydroxyl groups is 1. The number of likely N-dealkylation sites (N-methyl/N-ethyl adjacent to an activating group) is 1. The molecule has 0 saturated carbocycles. The third-order valence-corrected chi connectivity index (χ3v) is 3.16. The zero-order chi connectivity index (χ0) is 13.9. The molecule has 5 nitrogen and oxygen atoms in total. The molecule has 0 amide bonds. The van der Waals surface area contributed by atoms with E-state index < -0.39 is 17.6 Å².